The van der Waals surface area contributed by atoms with E-state index in [1.165, 1.54) is 5.56 Å². The fourth-order valence-corrected chi connectivity index (χ4v) is 1.86. The molecular formula is C12H24N4. The second kappa shape index (κ2) is 5.46. The van der Waals surface area contributed by atoms with Gasteiger partial charge in [0.15, 0.2) is 0 Å². The fourth-order valence-electron chi connectivity index (χ4n) is 1.86. The SMILES string of the molecule is CCCn1cc(C(NN)C(C)(C)CC)cn1. The van der Waals surface area contributed by atoms with E-state index in [0.717, 1.165) is 19.4 Å². The molecule has 3 N–H and O–H groups in total. The number of aryl methyl sites for hydroxylation is 1. The highest BCUT2D eigenvalue weighted by Crippen LogP contribution is 2.35. The number of aromatic nitrogens is 2. The lowest BCUT2D eigenvalue weighted by molar-refractivity contribution is 0.236. The summed E-state index contributed by atoms with van der Waals surface area (Å²) in [7, 11) is 0. The lowest BCUT2D eigenvalue weighted by Gasteiger charge is -2.32. The molecule has 0 saturated heterocycles. The van der Waals surface area contributed by atoms with Crippen LogP contribution in [0.15, 0.2) is 12.4 Å². The Bertz CT molecular complexity index is 317. The number of hydrazine groups is 1. The molecule has 16 heavy (non-hydrogen) atoms. The Morgan fingerprint density at radius 3 is 2.69 bits per heavy atom. The molecule has 0 aliphatic rings. The first kappa shape index (κ1) is 13.2. The molecule has 0 amide bonds. The average molecular weight is 224 g/mol. The summed E-state index contributed by atoms with van der Waals surface area (Å²) in [4.78, 5) is 0. The molecule has 1 unspecified atom stereocenters. The van der Waals surface area contributed by atoms with Crippen LogP contribution in [0.3, 0.4) is 0 Å². The normalized spacial score (nSPS) is 14.1. The van der Waals surface area contributed by atoms with Crippen molar-refractivity contribution in [1.29, 1.82) is 0 Å². The second-order valence-corrected chi connectivity index (χ2v) is 4.98. The van der Waals surface area contributed by atoms with Gasteiger partial charge >= 0.3 is 0 Å². The molecule has 0 fully saturated rings. The number of rotatable bonds is 6. The van der Waals surface area contributed by atoms with Crippen molar-refractivity contribution in [2.75, 3.05) is 0 Å². The van der Waals surface area contributed by atoms with E-state index in [2.05, 4.69) is 44.4 Å². The minimum Gasteiger partial charge on any atom is -0.272 e. The van der Waals surface area contributed by atoms with E-state index >= 15 is 0 Å². The van der Waals surface area contributed by atoms with Crippen molar-refractivity contribution in [3.05, 3.63) is 18.0 Å². The van der Waals surface area contributed by atoms with Gasteiger partial charge in [-0.15, -0.1) is 0 Å². The maximum absolute atomic E-state index is 5.66. The summed E-state index contributed by atoms with van der Waals surface area (Å²) >= 11 is 0. The molecule has 0 saturated carbocycles. The molecule has 1 aromatic rings. The van der Waals surface area contributed by atoms with Crippen molar-refractivity contribution >= 4 is 0 Å². The molecule has 0 spiro atoms. The van der Waals surface area contributed by atoms with Crippen LogP contribution in [0, 0.1) is 5.41 Å². The lowest BCUT2D eigenvalue weighted by atomic mass is 9.79. The summed E-state index contributed by atoms with van der Waals surface area (Å²) in [6.45, 7) is 9.73. The van der Waals surface area contributed by atoms with Gasteiger partial charge in [0.2, 0.25) is 0 Å². The second-order valence-electron chi connectivity index (χ2n) is 4.98. The maximum atomic E-state index is 5.66. The summed E-state index contributed by atoms with van der Waals surface area (Å²) < 4.78 is 1.98. The minimum atomic E-state index is 0.134. The van der Waals surface area contributed by atoms with Crippen LogP contribution in [0.5, 0.6) is 0 Å². The maximum Gasteiger partial charge on any atom is 0.0541 e. The van der Waals surface area contributed by atoms with E-state index in [4.69, 9.17) is 5.84 Å². The van der Waals surface area contributed by atoms with Gasteiger partial charge in [-0.25, -0.2) is 0 Å². The highest BCUT2D eigenvalue weighted by Gasteiger charge is 2.29. The Hall–Kier alpha value is -0.870. The van der Waals surface area contributed by atoms with Gasteiger partial charge in [-0.2, -0.15) is 5.10 Å². The third-order valence-electron chi connectivity index (χ3n) is 3.30. The van der Waals surface area contributed by atoms with Crippen LogP contribution >= 0.6 is 0 Å². The van der Waals surface area contributed by atoms with Crippen LogP contribution in [0.25, 0.3) is 0 Å². The standard InChI is InChI=1S/C12H24N4/c1-5-7-16-9-10(8-14-16)11(15-13)12(3,4)6-2/h8-9,11,15H,5-7,13H2,1-4H3. The number of nitrogens with one attached hydrogen (secondary N) is 1. The Kier molecular flexibility index (Phi) is 4.50. The summed E-state index contributed by atoms with van der Waals surface area (Å²) in [6, 6.07) is 0.156. The number of nitrogens with two attached hydrogens (primary N) is 1. The van der Waals surface area contributed by atoms with Crippen LogP contribution in [0.4, 0.5) is 0 Å². The van der Waals surface area contributed by atoms with E-state index in [1.54, 1.807) is 0 Å². The van der Waals surface area contributed by atoms with Crippen molar-refractivity contribution in [3.8, 4) is 0 Å². The van der Waals surface area contributed by atoms with Crippen LogP contribution in [-0.2, 0) is 6.54 Å². The number of hydrogen-bond donors (Lipinski definition) is 2. The molecule has 0 radical (unpaired) electrons. The van der Waals surface area contributed by atoms with Gasteiger partial charge < -0.3 is 0 Å². The first-order chi connectivity index (χ1) is 7.55. The smallest absolute Gasteiger partial charge is 0.0541 e. The zero-order valence-corrected chi connectivity index (χ0v) is 10.8. The third-order valence-corrected chi connectivity index (χ3v) is 3.30. The largest absolute Gasteiger partial charge is 0.272 e. The van der Waals surface area contributed by atoms with Crippen LogP contribution in [0.2, 0.25) is 0 Å². The molecule has 4 heteroatoms. The number of nitrogens with zero attached hydrogens (tertiary/aromatic N) is 2. The highest BCUT2D eigenvalue weighted by atomic mass is 15.3. The molecule has 0 bridgehead atoms. The minimum absolute atomic E-state index is 0.134. The quantitative estimate of drug-likeness (QED) is 0.575. The topological polar surface area (TPSA) is 55.9 Å². The molecule has 0 aliphatic carbocycles. The van der Waals surface area contributed by atoms with Crippen molar-refractivity contribution in [3.63, 3.8) is 0 Å². The van der Waals surface area contributed by atoms with E-state index in [9.17, 15) is 0 Å². The lowest BCUT2D eigenvalue weighted by Crippen LogP contribution is -2.37. The van der Waals surface area contributed by atoms with E-state index < -0.39 is 0 Å². The Balaban J connectivity index is 2.86. The average Bonchev–Trinajstić information content (AvgIpc) is 2.68. The van der Waals surface area contributed by atoms with E-state index in [1.807, 2.05) is 10.9 Å². The van der Waals surface area contributed by atoms with Gasteiger partial charge in [0.05, 0.1) is 12.2 Å². The summed E-state index contributed by atoms with van der Waals surface area (Å²) in [5.74, 6) is 5.66. The van der Waals surface area contributed by atoms with Crippen LogP contribution in [0.1, 0.15) is 52.1 Å². The van der Waals surface area contributed by atoms with Crippen molar-refractivity contribution in [2.45, 2.75) is 53.1 Å². The molecule has 0 aliphatic heterocycles. The predicted octanol–water partition coefficient (Wildman–Crippen LogP) is 2.23. The Labute approximate surface area is 98.2 Å². The van der Waals surface area contributed by atoms with Crippen molar-refractivity contribution in [1.82, 2.24) is 15.2 Å². The molecule has 1 atom stereocenters. The zero-order valence-electron chi connectivity index (χ0n) is 10.8. The van der Waals surface area contributed by atoms with Gasteiger partial charge in [0.25, 0.3) is 0 Å². The summed E-state index contributed by atoms with van der Waals surface area (Å²) in [5.41, 5.74) is 4.21. The Morgan fingerprint density at radius 2 is 2.19 bits per heavy atom. The number of hydrogen-bond acceptors (Lipinski definition) is 3. The molecular weight excluding hydrogens is 200 g/mol. The first-order valence-corrected chi connectivity index (χ1v) is 6.03. The molecule has 1 heterocycles. The molecule has 4 nitrogen and oxygen atoms in total. The molecule has 1 aromatic heterocycles. The molecule has 92 valence electrons. The predicted molar refractivity (Wildman–Crippen MR) is 66.7 cm³/mol. The van der Waals surface area contributed by atoms with E-state index in [-0.39, 0.29) is 11.5 Å². The van der Waals surface area contributed by atoms with E-state index in [0.29, 0.717) is 0 Å². The monoisotopic (exact) mass is 224 g/mol. The zero-order chi connectivity index (χ0) is 12.2. The van der Waals surface area contributed by atoms with Crippen molar-refractivity contribution < 1.29 is 0 Å². The van der Waals surface area contributed by atoms with Crippen LogP contribution in [-0.4, -0.2) is 9.78 Å². The van der Waals surface area contributed by atoms with Crippen LogP contribution < -0.4 is 11.3 Å². The molecule has 0 aromatic carbocycles. The summed E-state index contributed by atoms with van der Waals surface area (Å²) in [6.07, 6.45) is 6.17. The third kappa shape index (κ3) is 2.83. The fraction of sp³-hybridized carbons (Fsp3) is 0.750. The van der Waals surface area contributed by atoms with Gasteiger partial charge in [-0.1, -0.05) is 27.7 Å². The highest BCUT2D eigenvalue weighted by molar-refractivity contribution is 5.13. The summed E-state index contributed by atoms with van der Waals surface area (Å²) in [5, 5.41) is 4.34. The molecule has 1 rings (SSSR count). The first-order valence-electron chi connectivity index (χ1n) is 6.03. The van der Waals surface area contributed by atoms with Crippen molar-refractivity contribution in [2.24, 2.45) is 11.3 Å². The van der Waals surface area contributed by atoms with Gasteiger partial charge in [-0.3, -0.25) is 16.0 Å². The van der Waals surface area contributed by atoms with Gasteiger partial charge in [-0.05, 0) is 18.3 Å². The Morgan fingerprint density at radius 1 is 1.50 bits per heavy atom. The van der Waals surface area contributed by atoms with Gasteiger partial charge in [0, 0.05) is 18.3 Å². The van der Waals surface area contributed by atoms with Gasteiger partial charge in [0.1, 0.15) is 0 Å².